The number of aliphatic hydroxyl groups is 1. The highest BCUT2D eigenvalue weighted by Gasteiger charge is 2.35. The Hall–Kier alpha value is -1.12. The highest BCUT2D eigenvalue weighted by molar-refractivity contribution is 7.89. The summed E-state index contributed by atoms with van der Waals surface area (Å²) >= 11 is 0. The normalized spacial score (nSPS) is 16.9. The van der Waals surface area contributed by atoms with Crippen LogP contribution in [0.1, 0.15) is 39.0 Å². The van der Waals surface area contributed by atoms with E-state index in [1.54, 1.807) is 4.68 Å². The summed E-state index contributed by atoms with van der Waals surface area (Å²) in [5, 5.41) is 13.3. The number of nitrogen functional groups attached to an aromatic ring is 1. The molecular formula is C13H24N4O3S. The molecule has 3 N–H and O–H groups in total. The zero-order valence-corrected chi connectivity index (χ0v) is 13.2. The predicted molar refractivity (Wildman–Crippen MR) is 80.2 cm³/mol. The number of anilines is 1. The van der Waals surface area contributed by atoms with E-state index in [-0.39, 0.29) is 29.9 Å². The van der Waals surface area contributed by atoms with Crippen LogP contribution in [0.5, 0.6) is 0 Å². The van der Waals surface area contributed by atoms with Gasteiger partial charge in [0.25, 0.3) is 0 Å². The number of rotatable bonds is 7. The van der Waals surface area contributed by atoms with Gasteiger partial charge in [-0.2, -0.15) is 9.40 Å². The SMILES string of the molecule is CCCn1cc(S(=O)(=O)N(CCO)C2CCCC2)c(N)n1. The zero-order valence-electron chi connectivity index (χ0n) is 12.4. The summed E-state index contributed by atoms with van der Waals surface area (Å²) < 4.78 is 28.6. The van der Waals surface area contributed by atoms with Crippen molar-refractivity contribution in [1.29, 1.82) is 0 Å². The maximum atomic E-state index is 12.8. The topological polar surface area (TPSA) is 101 Å². The summed E-state index contributed by atoms with van der Waals surface area (Å²) in [6, 6.07) is -0.0453. The molecule has 120 valence electrons. The number of aromatic nitrogens is 2. The fourth-order valence-electron chi connectivity index (χ4n) is 2.88. The second kappa shape index (κ2) is 6.76. The first-order chi connectivity index (χ1) is 10.0. The molecular weight excluding hydrogens is 292 g/mol. The Labute approximate surface area is 125 Å². The van der Waals surface area contributed by atoms with Gasteiger partial charge in [0, 0.05) is 25.3 Å². The first-order valence-electron chi connectivity index (χ1n) is 7.46. The minimum absolute atomic E-state index is 0.0318. The van der Waals surface area contributed by atoms with Gasteiger partial charge in [-0.15, -0.1) is 0 Å². The van der Waals surface area contributed by atoms with Gasteiger partial charge >= 0.3 is 0 Å². The molecule has 0 bridgehead atoms. The molecule has 1 aliphatic rings. The van der Waals surface area contributed by atoms with Crippen LogP contribution in [0.4, 0.5) is 5.82 Å². The van der Waals surface area contributed by atoms with Gasteiger partial charge in [-0.1, -0.05) is 19.8 Å². The van der Waals surface area contributed by atoms with E-state index in [9.17, 15) is 13.5 Å². The lowest BCUT2D eigenvalue weighted by molar-refractivity contribution is 0.226. The van der Waals surface area contributed by atoms with Crippen LogP contribution in [0, 0.1) is 0 Å². The maximum absolute atomic E-state index is 12.8. The van der Waals surface area contributed by atoms with E-state index in [1.165, 1.54) is 10.5 Å². The van der Waals surface area contributed by atoms with E-state index in [0.717, 1.165) is 32.1 Å². The van der Waals surface area contributed by atoms with Crippen molar-refractivity contribution in [2.75, 3.05) is 18.9 Å². The van der Waals surface area contributed by atoms with E-state index in [1.807, 2.05) is 6.92 Å². The molecule has 0 unspecified atom stereocenters. The molecule has 1 aliphatic carbocycles. The van der Waals surface area contributed by atoms with Crippen molar-refractivity contribution in [1.82, 2.24) is 14.1 Å². The zero-order chi connectivity index (χ0) is 15.5. The van der Waals surface area contributed by atoms with Crippen molar-refractivity contribution in [2.45, 2.75) is 56.5 Å². The van der Waals surface area contributed by atoms with Crippen molar-refractivity contribution in [2.24, 2.45) is 0 Å². The quantitative estimate of drug-likeness (QED) is 0.775. The molecule has 0 aromatic carbocycles. The number of sulfonamides is 1. The number of aliphatic hydroxyl groups excluding tert-OH is 1. The van der Waals surface area contributed by atoms with Crippen LogP contribution in [0.15, 0.2) is 11.1 Å². The molecule has 1 fully saturated rings. The monoisotopic (exact) mass is 316 g/mol. The fraction of sp³-hybridized carbons (Fsp3) is 0.769. The second-order valence-electron chi connectivity index (χ2n) is 5.42. The number of hydrogen-bond donors (Lipinski definition) is 2. The molecule has 1 saturated carbocycles. The van der Waals surface area contributed by atoms with Crippen molar-refractivity contribution in [3.05, 3.63) is 6.20 Å². The van der Waals surface area contributed by atoms with E-state index >= 15 is 0 Å². The van der Waals surface area contributed by atoms with Gasteiger partial charge < -0.3 is 10.8 Å². The third-order valence-corrected chi connectivity index (χ3v) is 5.82. The summed E-state index contributed by atoms with van der Waals surface area (Å²) in [6.07, 6.45) is 6.06. The van der Waals surface area contributed by atoms with Gasteiger partial charge in [-0.25, -0.2) is 8.42 Å². The number of aryl methyl sites for hydroxylation is 1. The van der Waals surface area contributed by atoms with Crippen LogP contribution in [0.2, 0.25) is 0 Å². The van der Waals surface area contributed by atoms with Gasteiger partial charge in [0.1, 0.15) is 4.90 Å². The van der Waals surface area contributed by atoms with Gasteiger partial charge in [0.2, 0.25) is 10.0 Å². The second-order valence-corrected chi connectivity index (χ2v) is 7.28. The molecule has 0 spiro atoms. The first-order valence-corrected chi connectivity index (χ1v) is 8.90. The minimum Gasteiger partial charge on any atom is -0.395 e. The predicted octanol–water partition coefficient (Wildman–Crippen LogP) is 0.801. The standard InChI is InChI=1S/C13H24N4O3S/c1-2-7-16-10-12(13(14)15-16)21(19,20)17(8-9-18)11-5-3-4-6-11/h10-11,18H,2-9H2,1H3,(H2,14,15). The van der Waals surface area contributed by atoms with Crippen LogP contribution in [0.25, 0.3) is 0 Å². The molecule has 7 nitrogen and oxygen atoms in total. The lowest BCUT2D eigenvalue weighted by Crippen LogP contribution is -2.40. The van der Waals surface area contributed by atoms with Crippen molar-refractivity contribution >= 4 is 15.8 Å². The molecule has 0 aliphatic heterocycles. The van der Waals surface area contributed by atoms with Gasteiger partial charge in [-0.3, -0.25) is 4.68 Å². The van der Waals surface area contributed by atoms with E-state index in [2.05, 4.69) is 5.10 Å². The van der Waals surface area contributed by atoms with Gasteiger partial charge in [0.15, 0.2) is 5.82 Å². The van der Waals surface area contributed by atoms with E-state index < -0.39 is 10.0 Å². The molecule has 8 heteroatoms. The Balaban J connectivity index is 2.33. The first kappa shape index (κ1) is 16.3. The highest BCUT2D eigenvalue weighted by Crippen LogP contribution is 2.30. The highest BCUT2D eigenvalue weighted by atomic mass is 32.2. The molecule has 0 radical (unpaired) electrons. The molecule has 0 saturated heterocycles. The molecule has 0 amide bonds. The minimum atomic E-state index is -3.71. The molecule has 1 aromatic heterocycles. The van der Waals surface area contributed by atoms with Gasteiger partial charge in [0.05, 0.1) is 6.61 Å². The summed E-state index contributed by atoms with van der Waals surface area (Å²) in [5.74, 6) is 0.0318. The maximum Gasteiger partial charge on any atom is 0.248 e. The average Bonchev–Trinajstić information content (AvgIpc) is 3.06. The molecule has 21 heavy (non-hydrogen) atoms. The van der Waals surface area contributed by atoms with Crippen LogP contribution in [-0.4, -0.2) is 46.8 Å². The molecule has 2 rings (SSSR count). The lowest BCUT2D eigenvalue weighted by Gasteiger charge is -2.26. The van der Waals surface area contributed by atoms with Crippen LogP contribution >= 0.6 is 0 Å². The lowest BCUT2D eigenvalue weighted by atomic mass is 10.2. The Kier molecular flexibility index (Phi) is 5.23. The smallest absolute Gasteiger partial charge is 0.248 e. The summed E-state index contributed by atoms with van der Waals surface area (Å²) in [5.41, 5.74) is 5.79. The molecule has 0 atom stereocenters. The van der Waals surface area contributed by atoms with E-state index in [0.29, 0.717) is 6.54 Å². The Morgan fingerprint density at radius 1 is 1.48 bits per heavy atom. The third kappa shape index (κ3) is 3.38. The average molecular weight is 316 g/mol. The number of nitrogens with zero attached hydrogens (tertiary/aromatic N) is 3. The summed E-state index contributed by atoms with van der Waals surface area (Å²) in [7, 11) is -3.71. The van der Waals surface area contributed by atoms with Gasteiger partial charge in [-0.05, 0) is 19.3 Å². The molecule has 1 heterocycles. The Morgan fingerprint density at radius 3 is 2.71 bits per heavy atom. The van der Waals surface area contributed by atoms with Crippen LogP contribution < -0.4 is 5.73 Å². The molecule has 1 aromatic rings. The van der Waals surface area contributed by atoms with Crippen molar-refractivity contribution < 1.29 is 13.5 Å². The third-order valence-electron chi connectivity index (χ3n) is 3.85. The van der Waals surface area contributed by atoms with Crippen molar-refractivity contribution in [3.8, 4) is 0 Å². The van der Waals surface area contributed by atoms with Crippen LogP contribution in [-0.2, 0) is 16.6 Å². The van der Waals surface area contributed by atoms with Crippen LogP contribution in [0.3, 0.4) is 0 Å². The fourth-order valence-corrected chi connectivity index (χ4v) is 4.61. The Bertz CT molecular complexity index is 564. The van der Waals surface area contributed by atoms with E-state index in [4.69, 9.17) is 5.73 Å². The number of hydrogen-bond acceptors (Lipinski definition) is 5. The number of nitrogens with two attached hydrogens (primary N) is 1. The largest absolute Gasteiger partial charge is 0.395 e. The Morgan fingerprint density at radius 2 is 2.14 bits per heavy atom. The van der Waals surface area contributed by atoms with Crippen molar-refractivity contribution in [3.63, 3.8) is 0 Å². The summed E-state index contributed by atoms with van der Waals surface area (Å²) in [4.78, 5) is 0.0521. The summed E-state index contributed by atoms with van der Waals surface area (Å²) in [6.45, 7) is 2.52.